The Morgan fingerprint density at radius 1 is 0.438 bits per heavy atom. The van der Waals surface area contributed by atoms with Crippen LogP contribution in [0.15, 0.2) is 150 Å². The largest absolute Gasteiger partial charge is 0.456 e. The second-order valence-electron chi connectivity index (χ2n) is 11.8. The van der Waals surface area contributed by atoms with Crippen LogP contribution in [0.1, 0.15) is 0 Å². The fourth-order valence-electron chi connectivity index (χ4n) is 6.55. The van der Waals surface area contributed by atoms with Crippen molar-refractivity contribution >= 4 is 54.5 Å². The van der Waals surface area contributed by atoms with Gasteiger partial charge in [-0.1, -0.05) is 103 Å². The summed E-state index contributed by atoms with van der Waals surface area (Å²) in [6.07, 6.45) is 0. The highest BCUT2D eigenvalue weighted by Crippen LogP contribution is 2.35. The van der Waals surface area contributed by atoms with E-state index in [1.54, 1.807) is 4.80 Å². The third-order valence-electron chi connectivity index (χ3n) is 8.90. The average Bonchev–Trinajstić information content (AvgIpc) is 3.77. The van der Waals surface area contributed by atoms with Crippen LogP contribution < -0.4 is 0 Å². The molecular weight excluding hydrogens is 592 g/mol. The van der Waals surface area contributed by atoms with Crippen LogP contribution in [0.5, 0.6) is 0 Å². The van der Waals surface area contributed by atoms with Crippen molar-refractivity contribution in [3.8, 4) is 39.9 Å². The van der Waals surface area contributed by atoms with E-state index in [-0.39, 0.29) is 0 Å². The van der Waals surface area contributed by atoms with Gasteiger partial charge in [-0.15, -0.1) is 10.2 Å². The summed E-state index contributed by atoms with van der Waals surface area (Å²) in [4.78, 5) is 16.7. The molecule has 0 aliphatic heterocycles. The van der Waals surface area contributed by atoms with Crippen molar-refractivity contribution in [1.29, 1.82) is 0 Å². The number of furan rings is 1. The fraction of sp³-hybridized carbons (Fsp3) is 0. The minimum absolute atomic E-state index is 0.576. The molecule has 3 aromatic heterocycles. The van der Waals surface area contributed by atoms with Crippen LogP contribution in [0.25, 0.3) is 94.4 Å². The molecule has 0 atom stereocenters. The molecule has 7 nitrogen and oxygen atoms in total. The molecule has 224 valence electrons. The Labute approximate surface area is 273 Å². The first kappa shape index (κ1) is 26.5. The first-order valence-electron chi connectivity index (χ1n) is 15.8. The highest BCUT2D eigenvalue weighted by atomic mass is 16.3. The molecule has 0 N–H and O–H groups in total. The third-order valence-corrected chi connectivity index (χ3v) is 8.90. The van der Waals surface area contributed by atoms with Gasteiger partial charge in [0.2, 0.25) is 0 Å². The molecule has 3 heterocycles. The lowest BCUT2D eigenvalue weighted by atomic mass is 9.98. The highest BCUT2D eigenvalue weighted by molar-refractivity contribution is 6.18. The first-order chi connectivity index (χ1) is 23.7. The Kier molecular flexibility index (Phi) is 5.74. The number of aromatic nitrogens is 6. The van der Waals surface area contributed by atoms with Gasteiger partial charge in [0.1, 0.15) is 22.2 Å². The smallest absolute Gasteiger partial charge is 0.164 e. The molecule has 48 heavy (non-hydrogen) atoms. The van der Waals surface area contributed by atoms with Crippen molar-refractivity contribution in [1.82, 2.24) is 29.9 Å². The summed E-state index contributed by atoms with van der Waals surface area (Å²) >= 11 is 0. The van der Waals surface area contributed by atoms with E-state index in [2.05, 4.69) is 54.6 Å². The van der Waals surface area contributed by atoms with Gasteiger partial charge < -0.3 is 4.42 Å². The Balaban J connectivity index is 1.18. The maximum absolute atomic E-state index is 6.21. The fourth-order valence-corrected chi connectivity index (χ4v) is 6.55. The molecule has 0 saturated heterocycles. The lowest BCUT2D eigenvalue weighted by Crippen LogP contribution is -2.00. The summed E-state index contributed by atoms with van der Waals surface area (Å²) in [5, 5.41) is 16.2. The normalized spacial score (nSPS) is 11.8. The van der Waals surface area contributed by atoms with Gasteiger partial charge in [0.25, 0.3) is 0 Å². The van der Waals surface area contributed by atoms with Crippen molar-refractivity contribution in [3.05, 3.63) is 146 Å². The monoisotopic (exact) mass is 616 g/mol. The van der Waals surface area contributed by atoms with E-state index in [1.807, 2.05) is 91.0 Å². The predicted molar refractivity (Wildman–Crippen MR) is 191 cm³/mol. The maximum atomic E-state index is 6.21. The van der Waals surface area contributed by atoms with Gasteiger partial charge in [0, 0.05) is 32.8 Å². The minimum Gasteiger partial charge on any atom is -0.456 e. The Hall–Kier alpha value is -6.73. The SMILES string of the molecule is c1ccc(-c2nc(-c3ccc4c(c3)oc3ccccc34)nc(-c3ccc4ccc5ccc6nn(-c7ccccc7)nc6c5c4c3)n2)cc1. The number of benzene rings is 7. The van der Waals surface area contributed by atoms with Crippen molar-refractivity contribution in [2.45, 2.75) is 0 Å². The maximum Gasteiger partial charge on any atom is 0.164 e. The lowest BCUT2D eigenvalue weighted by Gasteiger charge is -2.10. The van der Waals surface area contributed by atoms with Crippen LogP contribution in [-0.2, 0) is 0 Å². The number of nitrogens with zero attached hydrogens (tertiary/aromatic N) is 6. The van der Waals surface area contributed by atoms with Crippen molar-refractivity contribution in [2.75, 3.05) is 0 Å². The van der Waals surface area contributed by atoms with Gasteiger partial charge in [-0.05, 0) is 58.6 Å². The number of hydrogen-bond acceptors (Lipinski definition) is 6. The number of fused-ring (bicyclic) bond motifs is 8. The number of hydrogen-bond donors (Lipinski definition) is 0. The van der Waals surface area contributed by atoms with E-state index in [4.69, 9.17) is 29.6 Å². The van der Waals surface area contributed by atoms with Gasteiger partial charge in [0.15, 0.2) is 17.5 Å². The molecule has 10 rings (SSSR count). The Morgan fingerprint density at radius 3 is 1.90 bits per heavy atom. The summed E-state index contributed by atoms with van der Waals surface area (Å²) in [7, 11) is 0. The van der Waals surface area contributed by atoms with Crippen LogP contribution in [0.4, 0.5) is 0 Å². The number of rotatable bonds is 4. The second-order valence-corrected chi connectivity index (χ2v) is 11.8. The molecule has 7 heteroatoms. The molecule has 10 aromatic rings. The summed E-state index contributed by atoms with van der Waals surface area (Å²) in [5.74, 6) is 1.77. The van der Waals surface area contributed by atoms with Gasteiger partial charge in [-0.2, -0.15) is 4.80 Å². The standard InChI is InChI=1S/C41H24N6O/c1-3-9-27(10-4-1)39-42-40(44-41(43-39)29-19-21-32-31-13-7-8-14-35(31)48-36(32)24-29)28-18-16-25-15-17-26-20-22-34-38(37(26)33(25)23-28)46-47(45-34)30-11-5-2-6-12-30/h1-24H. The highest BCUT2D eigenvalue weighted by Gasteiger charge is 2.17. The van der Waals surface area contributed by atoms with E-state index in [9.17, 15) is 0 Å². The Bertz CT molecular complexity index is 2840. The van der Waals surface area contributed by atoms with E-state index < -0.39 is 0 Å². The molecule has 0 bridgehead atoms. The van der Waals surface area contributed by atoms with E-state index in [1.165, 1.54) is 0 Å². The van der Waals surface area contributed by atoms with Crippen LogP contribution in [-0.4, -0.2) is 29.9 Å². The first-order valence-corrected chi connectivity index (χ1v) is 15.8. The molecule has 0 aliphatic rings. The summed E-state index contributed by atoms with van der Waals surface area (Å²) < 4.78 is 6.21. The summed E-state index contributed by atoms with van der Waals surface area (Å²) in [6.45, 7) is 0. The molecule has 7 aromatic carbocycles. The predicted octanol–water partition coefficient (Wildman–Crippen LogP) is 9.81. The van der Waals surface area contributed by atoms with Gasteiger partial charge in [0.05, 0.1) is 5.69 Å². The van der Waals surface area contributed by atoms with Crippen molar-refractivity contribution < 1.29 is 4.42 Å². The van der Waals surface area contributed by atoms with E-state index in [0.717, 1.165) is 76.9 Å². The van der Waals surface area contributed by atoms with Crippen molar-refractivity contribution in [3.63, 3.8) is 0 Å². The van der Waals surface area contributed by atoms with Crippen LogP contribution in [0, 0.1) is 0 Å². The Morgan fingerprint density at radius 2 is 1.06 bits per heavy atom. The van der Waals surface area contributed by atoms with E-state index >= 15 is 0 Å². The topological polar surface area (TPSA) is 82.5 Å². The zero-order valence-corrected chi connectivity index (χ0v) is 25.4. The van der Waals surface area contributed by atoms with E-state index in [0.29, 0.717) is 17.5 Å². The minimum atomic E-state index is 0.576. The molecular formula is C41H24N6O. The van der Waals surface area contributed by atoms with Gasteiger partial charge >= 0.3 is 0 Å². The lowest BCUT2D eigenvalue weighted by molar-refractivity contribution is 0.669. The summed E-state index contributed by atoms with van der Waals surface area (Å²) in [6, 6.07) is 49.0. The summed E-state index contributed by atoms with van der Waals surface area (Å²) in [5.41, 5.74) is 6.89. The van der Waals surface area contributed by atoms with Crippen LogP contribution in [0.2, 0.25) is 0 Å². The molecule has 0 fully saturated rings. The van der Waals surface area contributed by atoms with Crippen LogP contribution >= 0.6 is 0 Å². The second kappa shape index (κ2) is 10.4. The third kappa shape index (κ3) is 4.25. The average molecular weight is 617 g/mol. The van der Waals surface area contributed by atoms with Crippen molar-refractivity contribution in [2.24, 2.45) is 0 Å². The number of para-hydroxylation sites is 2. The molecule has 0 unspecified atom stereocenters. The zero-order valence-electron chi connectivity index (χ0n) is 25.4. The quantitative estimate of drug-likeness (QED) is 0.183. The van der Waals surface area contributed by atoms with Gasteiger partial charge in [-0.25, -0.2) is 15.0 Å². The molecule has 0 saturated carbocycles. The molecule has 0 radical (unpaired) electrons. The molecule has 0 aliphatic carbocycles. The van der Waals surface area contributed by atoms with Crippen LogP contribution in [0.3, 0.4) is 0 Å². The molecule has 0 amide bonds. The molecule has 0 spiro atoms. The zero-order chi connectivity index (χ0) is 31.6. The van der Waals surface area contributed by atoms with Gasteiger partial charge in [-0.3, -0.25) is 0 Å².